The first-order valence-electron chi connectivity index (χ1n) is 18.8. The van der Waals surface area contributed by atoms with Gasteiger partial charge in [-0.3, -0.25) is 13.7 Å². The Kier molecular flexibility index (Phi) is 10.1. The summed E-state index contributed by atoms with van der Waals surface area (Å²) in [5.41, 5.74) is 6.83. The van der Waals surface area contributed by atoms with Crippen LogP contribution in [0.2, 0.25) is 30.1 Å². The summed E-state index contributed by atoms with van der Waals surface area (Å²) >= 11 is 42.4. The van der Waals surface area contributed by atoms with Crippen molar-refractivity contribution in [1.29, 1.82) is 10.5 Å². The number of hydrogen-bond acceptors (Lipinski definition) is 5. The average Bonchev–Trinajstić information content (AvgIpc) is 3.99. The largest absolute Gasteiger partial charge is 0.290 e. The molecule has 0 spiro atoms. The van der Waals surface area contributed by atoms with Crippen LogP contribution < -0.4 is 0 Å². The molecule has 0 aliphatic rings. The zero-order chi connectivity index (χ0) is 43.7. The van der Waals surface area contributed by atoms with E-state index in [9.17, 15) is 10.5 Å². The van der Waals surface area contributed by atoms with E-state index >= 15 is 0 Å². The minimum Gasteiger partial charge on any atom is -0.290 e. The van der Waals surface area contributed by atoms with Crippen LogP contribution in [-0.4, -0.2) is 28.7 Å². The maximum absolute atomic E-state index is 9.84. The summed E-state index contributed by atoms with van der Waals surface area (Å²) in [6.07, 6.45) is 0. The van der Waals surface area contributed by atoms with Crippen LogP contribution in [0, 0.1) is 29.2 Å². The van der Waals surface area contributed by atoms with Crippen molar-refractivity contribution in [2.75, 3.05) is 0 Å². The molecule has 0 aliphatic carbocycles. The predicted molar refractivity (Wildman–Crippen MR) is 252 cm³/mol. The highest BCUT2D eigenvalue weighted by atomic mass is 35.5. The summed E-state index contributed by atoms with van der Waals surface area (Å²) in [6, 6.07) is 42.2. The smallest absolute Gasteiger partial charge is 0.190 e. The average molecular weight is 936 g/mol. The fourth-order valence-electron chi connectivity index (χ4n) is 7.94. The summed E-state index contributed by atoms with van der Waals surface area (Å²) in [5, 5.41) is 20.9. The third kappa shape index (κ3) is 6.47. The van der Waals surface area contributed by atoms with Crippen molar-refractivity contribution in [2.45, 2.75) is 0 Å². The molecule has 0 saturated heterocycles. The van der Waals surface area contributed by atoms with Crippen molar-refractivity contribution in [3.05, 3.63) is 180 Å². The number of imidazole rings is 3. The molecule has 63 heavy (non-hydrogen) atoms. The van der Waals surface area contributed by atoms with E-state index in [4.69, 9.17) is 91.1 Å². The van der Waals surface area contributed by atoms with Gasteiger partial charge >= 0.3 is 0 Å². The Labute approximate surface area is 388 Å². The zero-order valence-electron chi connectivity index (χ0n) is 31.9. The lowest BCUT2D eigenvalue weighted by atomic mass is 10.1. The molecule has 10 aromatic rings. The van der Waals surface area contributed by atoms with Crippen molar-refractivity contribution >= 4 is 108 Å². The standard InChI is InChI=1S/C48H21Cl6N9/c1-57-27-21-35(53)39(36(54)22-27)48-60-42-44-40(58-46(62(44)29-13-7-3-8-14-29)37-31(49)17-25(23-55)18-32(37)50)43-41(45(42)63(48)30-15-9-4-10-16-30)59-47(61(43)28-11-5-2-6-12-28)38-33(51)19-26(24-56)20-34(38)52/h2-22H. The molecule has 0 aliphatic heterocycles. The van der Waals surface area contributed by atoms with Crippen molar-refractivity contribution in [2.24, 2.45) is 0 Å². The maximum atomic E-state index is 9.84. The Balaban J connectivity index is 1.53. The van der Waals surface area contributed by atoms with Crippen LogP contribution >= 0.6 is 69.6 Å². The highest BCUT2D eigenvalue weighted by molar-refractivity contribution is 6.41. The van der Waals surface area contributed by atoms with Crippen molar-refractivity contribution in [1.82, 2.24) is 28.7 Å². The second-order valence-corrected chi connectivity index (χ2v) is 16.6. The van der Waals surface area contributed by atoms with Crippen LogP contribution in [0.15, 0.2) is 127 Å². The van der Waals surface area contributed by atoms with E-state index in [0.717, 1.165) is 0 Å². The number of benzene rings is 7. The zero-order valence-corrected chi connectivity index (χ0v) is 36.5. The van der Waals surface area contributed by atoms with Crippen LogP contribution in [0.4, 0.5) is 5.69 Å². The van der Waals surface area contributed by atoms with Gasteiger partial charge in [-0.05, 0) is 72.8 Å². The monoisotopic (exact) mass is 933 g/mol. The number of para-hydroxylation sites is 3. The van der Waals surface area contributed by atoms with Gasteiger partial charge in [0.2, 0.25) is 0 Å². The number of aromatic nitrogens is 6. The fourth-order valence-corrected chi connectivity index (χ4v) is 9.90. The highest BCUT2D eigenvalue weighted by Gasteiger charge is 2.33. The van der Waals surface area contributed by atoms with Crippen LogP contribution in [0.3, 0.4) is 0 Å². The first-order valence-corrected chi connectivity index (χ1v) is 21.1. The van der Waals surface area contributed by atoms with Gasteiger partial charge in [0.25, 0.3) is 0 Å². The van der Waals surface area contributed by atoms with E-state index in [1.807, 2.05) is 105 Å². The van der Waals surface area contributed by atoms with Gasteiger partial charge in [0.15, 0.2) is 5.69 Å². The SMILES string of the molecule is [C-]#[N+]c1cc(Cl)c(-c2nc3c4c(nc(-c5c(Cl)cc(C#N)cc5Cl)n4-c4ccccc4)c4c(nc(-c5c(Cl)cc(C#N)cc5Cl)n4-c4ccccc4)c3n2-c2ccccc2)c(Cl)c1. The second-order valence-electron chi connectivity index (χ2n) is 14.2. The van der Waals surface area contributed by atoms with Gasteiger partial charge in [0, 0.05) is 27.1 Å². The van der Waals surface area contributed by atoms with Crippen LogP contribution in [0.1, 0.15) is 11.1 Å². The Morgan fingerprint density at radius 3 is 0.952 bits per heavy atom. The van der Waals surface area contributed by atoms with Crippen LogP contribution in [0.5, 0.6) is 0 Å². The van der Waals surface area contributed by atoms with Crippen molar-refractivity contribution in [3.63, 3.8) is 0 Å². The summed E-state index contributed by atoms with van der Waals surface area (Å²) in [4.78, 5) is 19.9. The molecule has 300 valence electrons. The summed E-state index contributed by atoms with van der Waals surface area (Å²) in [7, 11) is 0. The molecule has 7 aromatic carbocycles. The molecule has 0 fully saturated rings. The third-order valence-corrected chi connectivity index (χ3v) is 12.3. The maximum Gasteiger partial charge on any atom is 0.190 e. The summed E-state index contributed by atoms with van der Waals surface area (Å²) in [5.74, 6) is 1.03. The van der Waals surface area contributed by atoms with E-state index < -0.39 is 0 Å². The lowest BCUT2D eigenvalue weighted by Gasteiger charge is -2.14. The quantitative estimate of drug-likeness (QED) is 0.154. The lowest BCUT2D eigenvalue weighted by Crippen LogP contribution is -2.01. The minimum atomic E-state index is 0.196. The Morgan fingerprint density at radius 2 is 0.698 bits per heavy atom. The van der Waals surface area contributed by atoms with Gasteiger partial charge in [-0.25, -0.2) is 19.8 Å². The molecule has 15 heteroatoms. The molecule has 0 amide bonds. The topological polar surface area (TPSA) is 105 Å². The van der Waals surface area contributed by atoms with Gasteiger partial charge in [-0.1, -0.05) is 124 Å². The Morgan fingerprint density at radius 1 is 0.429 bits per heavy atom. The Hall–Kier alpha value is -6.84. The van der Waals surface area contributed by atoms with E-state index in [2.05, 4.69) is 17.0 Å². The second kappa shape index (κ2) is 15.8. The van der Waals surface area contributed by atoms with Gasteiger partial charge in [0.05, 0.1) is 66.6 Å². The highest BCUT2D eigenvalue weighted by Crippen LogP contribution is 2.49. The molecule has 10 rings (SSSR count). The summed E-state index contributed by atoms with van der Waals surface area (Å²) in [6.45, 7) is 7.70. The third-order valence-electron chi connectivity index (χ3n) is 10.5. The van der Waals surface area contributed by atoms with Gasteiger partial charge < -0.3 is 0 Å². The molecule has 0 radical (unpaired) electrons. The summed E-state index contributed by atoms with van der Waals surface area (Å²) < 4.78 is 5.79. The van der Waals surface area contributed by atoms with E-state index in [1.54, 1.807) is 36.4 Å². The number of rotatable bonds is 6. The minimum absolute atomic E-state index is 0.196. The van der Waals surface area contributed by atoms with Crippen LogP contribution in [0.25, 0.3) is 89.2 Å². The molecule has 0 bridgehead atoms. The molecule has 3 aromatic heterocycles. The molecule has 0 N–H and O–H groups in total. The lowest BCUT2D eigenvalue weighted by molar-refractivity contribution is 1.10. The molecular formula is C48H21Cl6N9. The van der Waals surface area contributed by atoms with Crippen molar-refractivity contribution in [3.8, 4) is 63.4 Å². The normalized spacial score (nSPS) is 11.3. The molecule has 0 unspecified atom stereocenters. The number of hydrogen-bond donors (Lipinski definition) is 0. The number of halogens is 6. The Bertz CT molecular complexity index is 3190. The van der Waals surface area contributed by atoms with Crippen molar-refractivity contribution < 1.29 is 0 Å². The number of nitriles is 2. The molecule has 9 nitrogen and oxygen atoms in total. The van der Waals surface area contributed by atoms with Gasteiger partial charge in [-0.15, -0.1) is 0 Å². The molecule has 0 saturated carbocycles. The first-order chi connectivity index (χ1) is 30.6. The number of fused-ring (bicyclic) bond motifs is 6. The van der Waals surface area contributed by atoms with Gasteiger partial charge in [-0.2, -0.15) is 10.5 Å². The molecule has 3 heterocycles. The molecule has 0 atom stereocenters. The van der Waals surface area contributed by atoms with Crippen LogP contribution in [-0.2, 0) is 0 Å². The molecular weight excluding hydrogens is 915 g/mol. The van der Waals surface area contributed by atoms with E-state index in [1.165, 1.54) is 0 Å². The predicted octanol–water partition coefficient (Wildman–Crippen LogP) is 14.9. The van der Waals surface area contributed by atoms with E-state index in [0.29, 0.717) is 84.3 Å². The fraction of sp³-hybridized carbons (Fsp3) is 0. The number of nitrogens with zero attached hydrogens (tertiary/aromatic N) is 9. The first kappa shape index (κ1) is 40.2. The van der Waals surface area contributed by atoms with Gasteiger partial charge in [0.1, 0.15) is 50.6 Å². The van der Waals surface area contributed by atoms with E-state index in [-0.39, 0.29) is 47.0 Å².